The quantitative estimate of drug-likeness (QED) is 0.745. The normalized spacial score (nSPS) is 10.4. The van der Waals surface area contributed by atoms with Crippen molar-refractivity contribution in [3.05, 3.63) is 41.7 Å². The molecule has 3 nitrogen and oxygen atoms in total. The fourth-order valence-electron chi connectivity index (χ4n) is 1.52. The van der Waals surface area contributed by atoms with E-state index < -0.39 is 0 Å². The van der Waals surface area contributed by atoms with Crippen molar-refractivity contribution in [2.24, 2.45) is 0 Å². The molecule has 1 N–H and O–H groups in total. The van der Waals surface area contributed by atoms with Crippen LogP contribution in [0.1, 0.15) is 11.4 Å². The van der Waals surface area contributed by atoms with Crippen LogP contribution in [0.4, 0.5) is 0 Å². The molecule has 0 radical (unpaired) electrons. The Morgan fingerprint density at radius 3 is 2.50 bits per heavy atom. The summed E-state index contributed by atoms with van der Waals surface area (Å²) in [6, 6.07) is 9.16. The third-order valence-electron chi connectivity index (χ3n) is 2.12. The lowest BCUT2D eigenvalue weighted by Gasteiger charge is -2.05. The molecule has 1 aromatic carbocycles. The van der Waals surface area contributed by atoms with Gasteiger partial charge in [0.25, 0.3) is 0 Å². The van der Waals surface area contributed by atoms with Crippen LogP contribution in [0, 0.1) is 13.8 Å². The molecule has 72 valence electrons. The number of hydrogen-bond donors (Lipinski definition) is 1. The summed E-state index contributed by atoms with van der Waals surface area (Å²) < 4.78 is 1.74. The third-order valence-corrected chi connectivity index (χ3v) is 2.12. The van der Waals surface area contributed by atoms with Gasteiger partial charge in [0.15, 0.2) is 0 Å². The first-order valence-corrected chi connectivity index (χ1v) is 4.50. The number of benzene rings is 1. The molecule has 0 saturated carbocycles. The SMILES string of the molecule is Cc1cc(C)n(-c2ccccc2O)n1. The van der Waals surface area contributed by atoms with E-state index in [-0.39, 0.29) is 5.75 Å². The molecular weight excluding hydrogens is 176 g/mol. The van der Waals surface area contributed by atoms with Crippen LogP contribution in [0.25, 0.3) is 5.69 Å². The third kappa shape index (κ3) is 1.37. The smallest absolute Gasteiger partial charge is 0.141 e. The minimum atomic E-state index is 0.249. The van der Waals surface area contributed by atoms with Crippen LogP contribution >= 0.6 is 0 Å². The summed E-state index contributed by atoms with van der Waals surface area (Å²) >= 11 is 0. The van der Waals surface area contributed by atoms with Crippen molar-refractivity contribution < 1.29 is 5.11 Å². The van der Waals surface area contributed by atoms with Gasteiger partial charge in [-0.05, 0) is 32.0 Å². The van der Waals surface area contributed by atoms with Crippen molar-refractivity contribution in [3.63, 3.8) is 0 Å². The van der Waals surface area contributed by atoms with Crippen molar-refractivity contribution >= 4 is 0 Å². The van der Waals surface area contributed by atoms with Crippen LogP contribution in [0.5, 0.6) is 5.75 Å². The lowest BCUT2D eigenvalue weighted by Crippen LogP contribution is -1.98. The summed E-state index contributed by atoms with van der Waals surface area (Å²) in [4.78, 5) is 0. The van der Waals surface area contributed by atoms with Gasteiger partial charge < -0.3 is 5.11 Å². The lowest BCUT2D eigenvalue weighted by atomic mass is 10.3. The van der Waals surface area contributed by atoms with E-state index in [1.54, 1.807) is 16.8 Å². The fourth-order valence-corrected chi connectivity index (χ4v) is 1.52. The maximum absolute atomic E-state index is 9.64. The van der Waals surface area contributed by atoms with E-state index in [0.29, 0.717) is 0 Å². The van der Waals surface area contributed by atoms with Crippen molar-refractivity contribution in [2.75, 3.05) is 0 Å². The van der Waals surface area contributed by atoms with Crippen LogP contribution in [0.15, 0.2) is 30.3 Å². The molecule has 0 amide bonds. The molecule has 0 aliphatic rings. The minimum absolute atomic E-state index is 0.249. The van der Waals surface area contributed by atoms with Gasteiger partial charge in [-0.15, -0.1) is 0 Å². The summed E-state index contributed by atoms with van der Waals surface area (Å²) in [5.74, 6) is 0.249. The zero-order valence-corrected chi connectivity index (χ0v) is 8.23. The van der Waals surface area contributed by atoms with E-state index in [2.05, 4.69) is 5.10 Å². The van der Waals surface area contributed by atoms with Crippen LogP contribution in [-0.2, 0) is 0 Å². The predicted molar refractivity (Wildman–Crippen MR) is 54.7 cm³/mol. The van der Waals surface area contributed by atoms with E-state index in [9.17, 15) is 5.11 Å². The number of phenolic OH excluding ortho intramolecular Hbond substituents is 1. The highest BCUT2D eigenvalue weighted by atomic mass is 16.3. The largest absolute Gasteiger partial charge is 0.506 e. The van der Waals surface area contributed by atoms with Gasteiger partial charge in [0.05, 0.1) is 5.69 Å². The molecule has 0 aliphatic carbocycles. The van der Waals surface area contributed by atoms with Crippen LogP contribution in [0.3, 0.4) is 0 Å². The number of aryl methyl sites for hydroxylation is 2. The summed E-state index contributed by atoms with van der Waals surface area (Å²) in [5, 5.41) is 13.9. The molecule has 0 unspecified atom stereocenters. The number of rotatable bonds is 1. The highest BCUT2D eigenvalue weighted by Crippen LogP contribution is 2.21. The van der Waals surface area contributed by atoms with E-state index in [4.69, 9.17) is 0 Å². The summed E-state index contributed by atoms with van der Waals surface area (Å²) in [6.45, 7) is 3.90. The van der Waals surface area contributed by atoms with Gasteiger partial charge in [0.2, 0.25) is 0 Å². The number of phenols is 1. The number of aromatic nitrogens is 2. The van der Waals surface area contributed by atoms with Crippen molar-refractivity contribution in [2.45, 2.75) is 13.8 Å². The minimum Gasteiger partial charge on any atom is -0.506 e. The van der Waals surface area contributed by atoms with E-state index in [1.807, 2.05) is 32.0 Å². The van der Waals surface area contributed by atoms with Gasteiger partial charge in [-0.3, -0.25) is 0 Å². The van der Waals surface area contributed by atoms with E-state index >= 15 is 0 Å². The topological polar surface area (TPSA) is 38.0 Å². The molecule has 0 saturated heterocycles. The van der Waals surface area contributed by atoms with Gasteiger partial charge in [-0.2, -0.15) is 5.10 Å². The maximum atomic E-state index is 9.64. The zero-order chi connectivity index (χ0) is 10.1. The Labute approximate surface area is 82.6 Å². The number of para-hydroxylation sites is 2. The van der Waals surface area contributed by atoms with Gasteiger partial charge >= 0.3 is 0 Å². The highest BCUT2D eigenvalue weighted by Gasteiger charge is 2.06. The monoisotopic (exact) mass is 188 g/mol. The maximum Gasteiger partial charge on any atom is 0.141 e. The Bertz CT molecular complexity index is 460. The standard InChI is InChI=1S/C11H12N2O/c1-8-7-9(2)13(12-8)10-5-3-4-6-11(10)14/h3-7,14H,1-2H3. The summed E-state index contributed by atoms with van der Waals surface area (Å²) in [7, 11) is 0. The van der Waals surface area contributed by atoms with Crippen molar-refractivity contribution in [3.8, 4) is 11.4 Å². The molecule has 1 aromatic heterocycles. The lowest BCUT2D eigenvalue weighted by molar-refractivity contribution is 0.470. The molecular formula is C11H12N2O. The number of nitrogens with zero attached hydrogens (tertiary/aromatic N) is 2. The second-order valence-corrected chi connectivity index (χ2v) is 3.33. The predicted octanol–water partition coefficient (Wildman–Crippen LogP) is 2.19. The van der Waals surface area contributed by atoms with Gasteiger partial charge in [-0.25, -0.2) is 4.68 Å². The average molecular weight is 188 g/mol. The first-order chi connectivity index (χ1) is 6.68. The first kappa shape index (κ1) is 8.81. The number of aromatic hydroxyl groups is 1. The molecule has 3 heteroatoms. The molecule has 0 atom stereocenters. The van der Waals surface area contributed by atoms with Gasteiger partial charge in [0, 0.05) is 5.69 Å². The summed E-state index contributed by atoms with van der Waals surface area (Å²) in [5.41, 5.74) is 2.69. The van der Waals surface area contributed by atoms with Gasteiger partial charge in [0.1, 0.15) is 11.4 Å². The van der Waals surface area contributed by atoms with Crippen molar-refractivity contribution in [1.29, 1.82) is 0 Å². The number of hydrogen-bond acceptors (Lipinski definition) is 2. The molecule has 0 spiro atoms. The Kier molecular flexibility index (Phi) is 2.00. The first-order valence-electron chi connectivity index (χ1n) is 4.50. The van der Waals surface area contributed by atoms with Gasteiger partial charge in [-0.1, -0.05) is 12.1 Å². The second-order valence-electron chi connectivity index (χ2n) is 3.33. The van der Waals surface area contributed by atoms with Crippen LogP contribution in [-0.4, -0.2) is 14.9 Å². The molecule has 0 bridgehead atoms. The summed E-state index contributed by atoms with van der Waals surface area (Å²) in [6.07, 6.45) is 0. The molecule has 1 heterocycles. The molecule has 2 aromatic rings. The molecule has 0 aliphatic heterocycles. The Hall–Kier alpha value is -1.77. The second kappa shape index (κ2) is 3.18. The zero-order valence-electron chi connectivity index (χ0n) is 8.23. The van der Waals surface area contributed by atoms with E-state index in [0.717, 1.165) is 17.1 Å². The van der Waals surface area contributed by atoms with Crippen molar-refractivity contribution in [1.82, 2.24) is 9.78 Å². The Morgan fingerprint density at radius 2 is 1.93 bits per heavy atom. The highest BCUT2D eigenvalue weighted by molar-refractivity contribution is 5.45. The van der Waals surface area contributed by atoms with Crippen LogP contribution < -0.4 is 0 Å². The molecule has 2 rings (SSSR count). The molecule has 0 fully saturated rings. The Morgan fingerprint density at radius 1 is 1.21 bits per heavy atom. The Balaban J connectivity index is 2.60. The fraction of sp³-hybridized carbons (Fsp3) is 0.182. The molecule has 14 heavy (non-hydrogen) atoms. The van der Waals surface area contributed by atoms with E-state index in [1.165, 1.54) is 0 Å². The van der Waals surface area contributed by atoms with Crippen LogP contribution in [0.2, 0.25) is 0 Å². The average Bonchev–Trinajstić information content (AvgIpc) is 2.46.